The highest BCUT2D eigenvalue weighted by molar-refractivity contribution is 5.71. The fourth-order valence-corrected chi connectivity index (χ4v) is 6.06. The minimum Gasteiger partial charge on any atom is -0.462 e. The number of carbonyl (C=O) groups is 3. The van der Waals surface area contributed by atoms with E-state index in [4.69, 9.17) is 14.2 Å². The average Bonchev–Trinajstić information content (AvgIpc) is 3.22. The maximum atomic E-state index is 12.7. The van der Waals surface area contributed by atoms with Crippen LogP contribution in [0.25, 0.3) is 0 Å². The number of rotatable bonds is 40. The Kier molecular flexibility index (Phi) is 43.1. The highest BCUT2D eigenvalue weighted by atomic mass is 16.6. The van der Waals surface area contributed by atoms with Crippen molar-refractivity contribution in [3.63, 3.8) is 0 Å². The molecule has 0 aromatic carbocycles. The van der Waals surface area contributed by atoms with Gasteiger partial charge in [-0.15, -0.1) is 0 Å². The number of carbonyl (C=O) groups excluding carboxylic acids is 3. The predicted octanol–water partition coefficient (Wildman–Crippen LogP) is 15.0. The third kappa shape index (κ3) is 43.5. The van der Waals surface area contributed by atoms with Crippen LogP contribution in [0.15, 0.2) is 97.2 Å². The molecule has 6 nitrogen and oxygen atoms in total. The fraction of sp³-hybridized carbons (Fsp3) is 0.635. The van der Waals surface area contributed by atoms with Crippen LogP contribution in [-0.2, 0) is 28.6 Å². The maximum Gasteiger partial charge on any atom is 0.306 e. The summed E-state index contributed by atoms with van der Waals surface area (Å²) < 4.78 is 16.6. The molecule has 1 unspecified atom stereocenters. The van der Waals surface area contributed by atoms with Gasteiger partial charge in [-0.1, -0.05) is 221 Å². The first-order valence-corrected chi connectivity index (χ1v) is 23.3. The molecule has 0 saturated carbocycles. The largest absolute Gasteiger partial charge is 0.462 e. The number of ether oxygens (including phenoxy) is 3. The molecule has 0 amide bonds. The van der Waals surface area contributed by atoms with E-state index in [-0.39, 0.29) is 37.5 Å². The van der Waals surface area contributed by atoms with Crippen molar-refractivity contribution in [3.05, 3.63) is 97.2 Å². The molecule has 0 aliphatic heterocycles. The first-order chi connectivity index (χ1) is 28.5. The molecule has 0 aromatic heterocycles. The first kappa shape index (κ1) is 54.3. The molecule has 0 fully saturated rings. The summed E-state index contributed by atoms with van der Waals surface area (Å²) in [5, 5.41) is 0. The van der Waals surface area contributed by atoms with E-state index in [1.807, 2.05) is 60.8 Å². The summed E-state index contributed by atoms with van der Waals surface area (Å²) in [6.45, 7) is 6.26. The Morgan fingerprint density at radius 1 is 0.362 bits per heavy atom. The van der Waals surface area contributed by atoms with E-state index in [0.29, 0.717) is 19.3 Å². The van der Waals surface area contributed by atoms with Gasteiger partial charge in [0.1, 0.15) is 13.2 Å². The van der Waals surface area contributed by atoms with E-state index in [1.165, 1.54) is 70.6 Å². The molecule has 0 bridgehead atoms. The molecule has 0 N–H and O–H groups in total. The molecule has 58 heavy (non-hydrogen) atoms. The summed E-state index contributed by atoms with van der Waals surface area (Å²) in [6, 6.07) is 0. The zero-order chi connectivity index (χ0) is 42.3. The Morgan fingerprint density at radius 2 is 0.690 bits per heavy atom. The van der Waals surface area contributed by atoms with Gasteiger partial charge in [0.25, 0.3) is 0 Å². The van der Waals surface area contributed by atoms with Crippen molar-refractivity contribution in [2.75, 3.05) is 13.2 Å². The summed E-state index contributed by atoms with van der Waals surface area (Å²) in [4.78, 5) is 37.8. The van der Waals surface area contributed by atoms with Gasteiger partial charge in [0, 0.05) is 19.3 Å². The molecule has 0 saturated heterocycles. The molecule has 0 aliphatic carbocycles. The molecule has 0 radical (unpaired) electrons. The molecule has 1 atom stereocenters. The molecule has 0 aromatic rings. The summed E-state index contributed by atoms with van der Waals surface area (Å²) >= 11 is 0. The Balaban J connectivity index is 4.52. The number of allylic oxidation sites excluding steroid dienone is 16. The molecule has 328 valence electrons. The maximum absolute atomic E-state index is 12.7. The number of unbranched alkanes of at least 4 members (excludes halogenated alkanes) is 19. The fourth-order valence-electron chi connectivity index (χ4n) is 6.06. The van der Waals surface area contributed by atoms with Crippen LogP contribution in [0.3, 0.4) is 0 Å². The summed E-state index contributed by atoms with van der Waals surface area (Å²) in [6.07, 6.45) is 59.7. The van der Waals surface area contributed by atoms with Gasteiger partial charge in [0.05, 0.1) is 0 Å². The SMILES string of the molecule is CC/C=C/C=C/C=C/C=C/C=C/CCCC(=O)OC(COC(=O)CCCCCCC/C=C/C=C/C=C/CC)COC(=O)CCCCCCCCCCCCCCCC. The standard InChI is InChI=1S/C52H84O6/c1-4-7-10-13-16-19-22-25-28-30-33-36-39-42-45-51(54)57-48-49(58-52(55)46-43-40-37-34-31-27-24-21-18-15-12-9-6-3)47-56-50(53)44-41-38-35-32-29-26-23-20-17-14-11-8-5-2/h8-9,11-12,14-15,17-18,20-21,23-24,27,31,34,37,49H,4-7,10,13,16,19,22,25-26,28-30,32-33,35-36,38-48H2,1-3H3/b11-8+,12-9+,17-14+,18-15+,23-20+,24-21+,31-27+,37-34+. The third-order valence-corrected chi connectivity index (χ3v) is 9.52. The summed E-state index contributed by atoms with van der Waals surface area (Å²) in [5.74, 6) is -1.02. The van der Waals surface area contributed by atoms with Crippen molar-refractivity contribution in [1.82, 2.24) is 0 Å². The quantitative estimate of drug-likeness (QED) is 0.0266. The lowest BCUT2D eigenvalue weighted by Gasteiger charge is -2.18. The average molecular weight is 805 g/mol. The van der Waals surface area contributed by atoms with E-state index >= 15 is 0 Å². The minimum absolute atomic E-state index is 0.113. The zero-order valence-corrected chi connectivity index (χ0v) is 37.3. The third-order valence-electron chi connectivity index (χ3n) is 9.52. The van der Waals surface area contributed by atoms with Crippen LogP contribution in [0.5, 0.6) is 0 Å². The monoisotopic (exact) mass is 805 g/mol. The van der Waals surface area contributed by atoms with Gasteiger partial charge in [0.15, 0.2) is 6.10 Å². The lowest BCUT2D eigenvalue weighted by atomic mass is 10.0. The van der Waals surface area contributed by atoms with Gasteiger partial charge in [-0.3, -0.25) is 14.4 Å². The van der Waals surface area contributed by atoms with E-state index in [0.717, 1.165) is 77.0 Å². The Bertz CT molecular complexity index is 1200. The van der Waals surface area contributed by atoms with Crippen molar-refractivity contribution in [2.45, 2.75) is 200 Å². The number of hydrogen-bond acceptors (Lipinski definition) is 6. The number of esters is 3. The minimum atomic E-state index is -0.820. The van der Waals surface area contributed by atoms with Crippen molar-refractivity contribution in [3.8, 4) is 0 Å². The van der Waals surface area contributed by atoms with Gasteiger partial charge in [-0.25, -0.2) is 0 Å². The summed E-state index contributed by atoms with van der Waals surface area (Å²) in [7, 11) is 0. The van der Waals surface area contributed by atoms with Gasteiger partial charge in [0.2, 0.25) is 0 Å². The van der Waals surface area contributed by atoms with Crippen molar-refractivity contribution in [1.29, 1.82) is 0 Å². The Hall–Kier alpha value is -3.67. The van der Waals surface area contributed by atoms with Gasteiger partial charge in [-0.05, 0) is 51.4 Å². The van der Waals surface area contributed by atoms with Gasteiger partial charge < -0.3 is 14.2 Å². The molecule has 0 rings (SSSR count). The molecule has 0 aliphatic rings. The van der Waals surface area contributed by atoms with Crippen LogP contribution in [0.2, 0.25) is 0 Å². The van der Waals surface area contributed by atoms with E-state index in [9.17, 15) is 14.4 Å². The zero-order valence-electron chi connectivity index (χ0n) is 37.3. The van der Waals surface area contributed by atoms with Crippen molar-refractivity contribution >= 4 is 17.9 Å². The van der Waals surface area contributed by atoms with Crippen LogP contribution in [0.1, 0.15) is 194 Å². The van der Waals surface area contributed by atoms with Gasteiger partial charge >= 0.3 is 17.9 Å². The Morgan fingerprint density at radius 3 is 1.10 bits per heavy atom. The second-order valence-corrected chi connectivity index (χ2v) is 15.1. The molecule has 6 heteroatoms. The second kappa shape index (κ2) is 46.0. The smallest absolute Gasteiger partial charge is 0.306 e. The van der Waals surface area contributed by atoms with Gasteiger partial charge in [-0.2, -0.15) is 0 Å². The predicted molar refractivity (Wildman–Crippen MR) is 247 cm³/mol. The second-order valence-electron chi connectivity index (χ2n) is 15.1. The molecule has 0 heterocycles. The van der Waals surface area contributed by atoms with Crippen LogP contribution >= 0.6 is 0 Å². The highest BCUT2D eigenvalue weighted by Crippen LogP contribution is 2.14. The van der Waals surface area contributed by atoms with E-state index in [2.05, 4.69) is 57.2 Å². The van der Waals surface area contributed by atoms with Crippen LogP contribution < -0.4 is 0 Å². The van der Waals surface area contributed by atoms with E-state index in [1.54, 1.807) is 0 Å². The first-order valence-electron chi connectivity index (χ1n) is 23.3. The van der Waals surface area contributed by atoms with Crippen molar-refractivity contribution in [2.24, 2.45) is 0 Å². The lowest BCUT2D eigenvalue weighted by molar-refractivity contribution is -0.167. The highest BCUT2D eigenvalue weighted by Gasteiger charge is 2.19. The Labute approximate surface area is 356 Å². The van der Waals surface area contributed by atoms with Crippen LogP contribution in [0.4, 0.5) is 0 Å². The number of hydrogen-bond donors (Lipinski definition) is 0. The lowest BCUT2D eigenvalue weighted by Crippen LogP contribution is -2.30. The summed E-state index contributed by atoms with van der Waals surface area (Å²) in [5.41, 5.74) is 0. The van der Waals surface area contributed by atoms with Crippen LogP contribution in [-0.4, -0.2) is 37.2 Å². The molecule has 0 spiro atoms. The van der Waals surface area contributed by atoms with Crippen LogP contribution in [0, 0.1) is 0 Å². The van der Waals surface area contributed by atoms with E-state index < -0.39 is 6.10 Å². The van der Waals surface area contributed by atoms with Crippen molar-refractivity contribution < 1.29 is 28.6 Å². The molecular formula is C52H84O6. The molecular weight excluding hydrogens is 721 g/mol. The topological polar surface area (TPSA) is 78.9 Å². The normalized spacial score (nSPS) is 12.9.